The van der Waals surface area contributed by atoms with E-state index in [0.29, 0.717) is 18.7 Å². The summed E-state index contributed by atoms with van der Waals surface area (Å²) in [6.07, 6.45) is 2.99. The first-order valence-corrected chi connectivity index (χ1v) is 8.65. The highest BCUT2D eigenvalue weighted by Gasteiger charge is 2.32. The lowest BCUT2D eigenvalue weighted by Crippen LogP contribution is -2.40. The molecule has 1 aliphatic carbocycles. The van der Waals surface area contributed by atoms with Gasteiger partial charge in [0, 0.05) is 23.3 Å². The van der Waals surface area contributed by atoms with Crippen LogP contribution in [0.15, 0.2) is 17.0 Å². The molecule has 0 aliphatic heterocycles. The van der Waals surface area contributed by atoms with Crippen molar-refractivity contribution in [2.24, 2.45) is 5.41 Å². The molecule has 2 rings (SSSR count). The Hall–Kier alpha value is -1.21. The predicted molar refractivity (Wildman–Crippen MR) is 73.7 cm³/mol. The molecule has 0 radical (unpaired) electrons. The van der Waals surface area contributed by atoms with Crippen LogP contribution in [-0.2, 0) is 9.05 Å². The van der Waals surface area contributed by atoms with Crippen LogP contribution in [0.25, 0.3) is 0 Å². The Morgan fingerprint density at radius 1 is 1.33 bits per heavy atom. The zero-order valence-electron chi connectivity index (χ0n) is 11.3. The lowest BCUT2D eigenvalue weighted by atomic mass is 9.70. The van der Waals surface area contributed by atoms with Crippen molar-refractivity contribution in [1.82, 2.24) is 5.32 Å². The molecule has 116 valence electrons. The molecule has 1 aromatic rings. The molecular weight excluding hydrogens is 324 g/mol. The molecule has 0 atom stereocenters. The smallest absolute Gasteiger partial charge is 0.264 e. The minimum atomic E-state index is -4.39. The SMILES string of the molecule is CC1(CNC(=O)c2cc(S(=O)(=O)Cl)c(F)cc2F)CCC1. The van der Waals surface area contributed by atoms with E-state index in [1.54, 1.807) is 0 Å². The number of carbonyl (C=O) groups is 1. The topological polar surface area (TPSA) is 63.2 Å². The van der Waals surface area contributed by atoms with Crippen LogP contribution >= 0.6 is 10.7 Å². The summed E-state index contributed by atoms with van der Waals surface area (Å²) < 4.78 is 49.4. The third kappa shape index (κ3) is 3.52. The lowest BCUT2D eigenvalue weighted by Gasteiger charge is -2.38. The normalized spacial score (nSPS) is 17.1. The molecule has 4 nitrogen and oxygen atoms in total. The van der Waals surface area contributed by atoms with E-state index in [1.165, 1.54) is 0 Å². The average Bonchev–Trinajstić information content (AvgIpc) is 2.32. The first kappa shape index (κ1) is 16.2. The van der Waals surface area contributed by atoms with Gasteiger partial charge in [-0.25, -0.2) is 17.2 Å². The molecule has 1 aliphatic rings. The van der Waals surface area contributed by atoms with Crippen molar-refractivity contribution in [3.05, 3.63) is 29.3 Å². The van der Waals surface area contributed by atoms with Crippen LogP contribution in [0.3, 0.4) is 0 Å². The van der Waals surface area contributed by atoms with E-state index in [0.717, 1.165) is 19.3 Å². The molecule has 0 heterocycles. The Labute approximate surface area is 125 Å². The number of carbonyl (C=O) groups excluding carboxylic acids is 1. The standard InChI is InChI=1S/C13H14ClF2NO3S/c1-13(3-2-4-13)7-17-12(18)8-5-11(21(14,19)20)10(16)6-9(8)15/h5-6H,2-4,7H2,1H3,(H,17,18). The fourth-order valence-electron chi connectivity index (χ4n) is 2.24. The molecule has 8 heteroatoms. The summed E-state index contributed by atoms with van der Waals surface area (Å²) in [4.78, 5) is 11.0. The van der Waals surface area contributed by atoms with Crippen LogP contribution in [0, 0.1) is 17.0 Å². The van der Waals surface area contributed by atoms with Crippen LogP contribution in [0.2, 0.25) is 0 Å². The summed E-state index contributed by atoms with van der Waals surface area (Å²) in [5, 5.41) is 2.54. The average molecular weight is 338 g/mol. The first-order valence-electron chi connectivity index (χ1n) is 6.34. The molecule has 0 saturated heterocycles. The van der Waals surface area contributed by atoms with Crippen LogP contribution in [-0.4, -0.2) is 20.9 Å². The summed E-state index contributed by atoms with van der Waals surface area (Å²) in [6.45, 7) is 2.35. The van der Waals surface area contributed by atoms with Crippen LogP contribution in [0.1, 0.15) is 36.5 Å². The van der Waals surface area contributed by atoms with Crippen molar-refractivity contribution < 1.29 is 22.0 Å². The van der Waals surface area contributed by atoms with Crippen LogP contribution in [0.5, 0.6) is 0 Å². The second-order valence-corrected chi connectivity index (χ2v) is 8.08. The van der Waals surface area contributed by atoms with Gasteiger partial charge in [-0.15, -0.1) is 0 Å². The molecule has 1 aromatic carbocycles. The summed E-state index contributed by atoms with van der Waals surface area (Å²) in [5.74, 6) is -3.25. The second kappa shape index (κ2) is 5.53. The highest BCUT2D eigenvalue weighted by molar-refractivity contribution is 8.13. The Bertz CT molecular complexity index is 687. The second-order valence-electron chi connectivity index (χ2n) is 5.55. The van der Waals surface area contributed by atoms with Gasteiger partial charge < -0.3 is 5.32 Å². The number of benzene rings is 1. The van der Waals surface area contributed by atoms with Gasteiger partial charge in [-0.1, -0.05) is 13.3 Å². The fourth-order valence-corrected chi connectivity index (χ4v) is 3.14. The van der Waals surface area contributed by atoms with Crippen molar-refractivity contribution in [2.75, 3.05) is 6.54 Å². The number of rotatable bonds is 4. The molecule has 1 saturated carbocycles. The minimum absolute atomic E-state index is 0.0203. The highest BCUT2D eigenvalue weighted by Crippen LogP contribution is 2.39. The van der Waals surface area contributed by atoms with Crippen LogP contribution < -0.4 is 5.32 Å². The van der Waals surface area contributed by atoms with Gasteiger partial charge >= 0.3 is 0 Å². The lowest BCUT2D eigenvalue weighted by molar-refractivity contribution is 0.0886. The minimum Gasteiger partial charge on any atom is -0.351 e. The third-order valence-corrected chi connectivity index (χ3v) is 5.10. The number of hydrogen-bond acceptors (Lipinski definition) is 3. The maximum Gasteiger partial charge on any atom is 0.264 e. The van der Waals surface area contributed by atoms with Crippen molar-refractivity contribution in [3.8, 4) is 0 Å². The van der Waals surface area contributed by atoms with E-state index in [9.17, 15) is 22.0 Å². The van der Waals surface area contributed by atoms with Crippen molar-refractivity contribution in [3.63, 3.8) is 0 Å². The highest BCUT2D eigenvalue weighted by atomic mass is 35.7. The molecule has 0 unspecified atom stereocenters. The van der Waals surface area contributed by atoms with Crippen molar-refractivity contribution >= 4 is 25.6 Å². The number of nitrogens with one attached hydrogen (secondary N) is 1. The fraction of sp³-hybridized carbons (Fsp3) is 0.462. The van der Waals surface area contributed by atoms with E-state index in [4.69, 9.17) is 10.7 Å². The van der Waals surface area contributed by atoms with E-state index in [-0.39, 0.29) is 5.41 Å². The molecule has 0 aromatic heterocycles. The zero-order valence-corrected chi connectivity index (χ0v) is 12.8. The van der Waals surface area contributed by atoms with E-state index in [2.05, 4.69) is 5.32 Å². The summed E-state index contributed by atoms with van der Waals surface area (Å²) in [5.41, 5.74) is -0.563. The van der Waals surface area contributed by atoms with E-state index >= 15 is 0 Å². The van der Waals surface area contributed by atoms with Crippen molar-refractivity contribution in [2.45, 2.75) is 31.1 Å². The third-order valence-electron chi connectivity index (χ3n) is 3.77. The summed E-state index contributed by atoms with van der Waals surface area (Å²) >= 11 is 0. The van der Waals surface area contributed by atoms with Crippen LogP contribution in [0.4, 0.5) is 8.78 Å². The van der Waals surface area contributed by atoms with Gasteiger partial charge in [-0.3, -0.25) is 4.79 Å². The molecule has 1 fully saturated rings. The molecule has 21 heavy (non-hydrogen) atoms. The molecule has 1 N–H and O–H groups in total. The quantitative estimate of drug-likeness (QED) is 0.859. The predicted octanol–water partition coefficient (Wildman–Crippen LogP) is 2.81. The maximum atomic E-state index is 13.6. The number of amides is 1. The summed E-state index contributed by atoms with van der Waals surface area (Å²) in [6, 6.07) is 0.959. The van der Waals surface area contributed by atoms with Gasteiger partial charge in [-0.2, -0.15) is 0 Å². The Morgan fingerprint density at radius 3 is 2.43 bits per heavy atom. The van der Waals surface area contributed by atoms with Gasteiger partial charge in [0.25, 0.3) is 15.0 Å². The molecular formula is C13H14ClF2NO3S. The monoisotopic (exact) mass is 337 g/mol. The zero-order chi connectivity index (χ0) is 15.8. The van der Waals surface area contributed by atoms with Gasteiger partial charge in [-0.05, 0) is 24.3 Å². The molecule has 0 spiro atoms. The van der Waals surface area contributed by atoms with Gasteiger partial charge in [0.15, 0.2) is 0 Å². The van der Waals surface area contributed by atoms with Gasteiger partial charge in [0.1, 0.15) is 16.5 Å². The van der Waals surface area contributed by atoms with E-state index < -0.39 is 37.1 Å². The summed E-state index contributed by atoms with van der Waals surface area (Å²) in [7, 11) is 0.660. The maximum absolute atomic E-state index is 13.6. The number of hydrogen-bond donors (Lipinski definition) is 1. The molecule has 0 bridgehead atoms. The van der Waals surface area contributed by atoms with Gasteiger partial charge in [0.2, 0.25) is 0 Å². The van der Waals surface area contributed by atoms with Crippen molar-refractivity contribution in [1.29, 1.82) is 0 Å². The molecule has 1 amide bonds. The van der Waals surface area contributed by atoms with E-state index in [1.807, 2.05) is 6.92 Å². The Morgan fingerprint density at radius 2 is 1.95 bits per heavy atom. The Kier molecular flexibility index (Phi) is 4.26. The first-order chi connectivity index (χ1) is 9.62. The Balaban J connectivity index is 2.24. The van der Waals surface area contributed by atoms with Gasteiger partial charge in [0.05, 0.1) is 5.56 Å². The number of halogens is 3. The largest absolute Gasteiger partial charge is 0.351 e.